The van der Waals surface area contributed by atoms with Crippen LogP contribution in [0.15, 0.2) is 48.8 Å². The monoisotopic (exact) mass is 296 g/mol. The van der Waals surface area contributed by atoms with Crippen LogP contribution in [0.1, 0.15) is 11.3 Å². The van der Waals surface area contributed by atoms with E-state index in [0.717, 1.165) is 23.4 Å². The molecule has 112 valence electrons. The van der Waals surface area contributed by atoms with E-state index in [4.69, 9.17) is 0 Å². The third-order valence-electron chi connectivity index (χ3n) is 3.27. The van der Waals surface area contributed by atoms with E-state index in [2.05, 4.69) is 25.9 Å². The van der Waals surface area contributed by atoms with Gasteiger partial charge in [-0.3, -0.25) is 15.1 Å². The van der Waals surface area contributed by atoms with Crippen molar-refractivity contribution in [3.05, 3.63) is 60.0 Å². The van der Waals surface area contributed by atoms with Gasteiger partial charge >= 0.3 is 6.03 Å². The predicted molar refractivity (Wildman–Crippen MR) is 83.7 cm³/mol. The Hall–Kier alpha value is -3.09. The van der Waals surface area contributed by atoms with Crippen molar-refractivity contribution in [2.75, 3.05) is 10.6 Å². The molecule has 2 heterocycles. The number of hydrogen-bond donors (Lipinski definition) is 3. The van der Waals surface area contributed by atoms with Crippen LogP contribution < -0.4 is 10.6 Å². The fourth-order valence-electron chi connectivity index (χ4n) is 2.10. The van der Waals surface area contributed by atoms with Crippen molar-refractivity contribution in [2.24, 2.45) is 7.05 Å². The normalized spacial score (nSPS) is 10.4. The highest BCUT2D eigenvalue weighted by Gasteiger charge is 2.04. The molecule has 0 bridgehead atoms. The van der Waals surface area contributed by atoms with Gasteiger partial charge in [-0.1, -0.05) is 12.1 Å². The molecule has 0 aliphatic rings. The van der Waals surface area contributed by atoms with Gasteiger partial charge in [-0.15, -0.1) is 0 Å². The van der Waals surface area contributed by atoms with Gasteiger partial charge in [0.1, 0.15) is 5.82 Å². The Bertz CT molecular complexity index is 745. The maximum Gasteiger partial charge on any atom is 0.324 e. The number of rotatable bonds is 4. The van der Waals surface area contributed by atoms with Crippen molar-refractivity contribution >= 4 is 17.5 Å². The zero-order valence-corrected chi connectivity index (χ0v) is 12.1. The molecular weight excluding hydrogens is 280 g/mol. The topological polar surface area (TPSA) is 87.6 Å². The second-order valence-corrected chi connectivity index (χ2v) is 4.87. The van der Waals surface area contributed by atoms with Gasteiger partial charge in [0, 0.05) is 37.1 Å². The van der Waals surface area contributed by atoms with Crippen molar-refractivity contribution in [1.82, 2.24) is 20.0 Å². The predicted octanol–water partition coefficient (Wildman–Crippen LogP) is 2.38. The highest BCUT2D eigenvalue weighted by molar-refractivity contribution is 5.99. The molecule has 2 amide bonds. The first-order valence-corrected chi connectivity index (χ1v) is 6.84. The summed E-state index contributed by atoms with van der Waals surface area (Å²) in [6.07, 6.45) is 4.16. The molecule has 2 aromatic heterocycles. The van der Waals surface area contributed by atoms with Crippen molar-refractivity contribution < 1.29 is 4.79 Å². The van der Waals surface area contributed by atoms with Crippen LogP contribution in [0.25, 0.3) is 0 Å². The van der Waals surface area contributed by atoms with Gasteiger partial charge in [-0.05, 0) is 23.8 Å². The van der Waals surface area contributed by atoms with Crippen LogP contribution in [0.2, 0.25) is 0 Å². The maximum absolute atomic E-state index is 11.8. The summed E-state index contributed by atoms with van der Waals surface area (Å²) >= 11 is 0. The summed E-state index contributed by atoms with van der Waals surface area (Å²) in [6, 6.07) is 11.1. The van der Waals surface area contributed by atoms with Gasteiger partial charge in [0.05, 0.1) is 6.20 Å². The number of nitrogens with zero attached hydrogens (tertiary/aromatic N) is 3. The molecule has 0 spiro atoms. The first kappa shape index (κ1) is 13.9. The van der Waals surface area contributed by atoms with E-state index < -0.39 is 0 Å². The minimum absolute atomic E-state index is 0.316. The number of nitrogens with one attached hydrogen (secondary N) is 3. The molecule has 0 aliphatic carbocycles. The summed E-state index contributed by atoms with van der Waals surface area (Å²) in [5.41, 5.74) is 3.02. The number of benzene rings is 1. The number of aromatic amines is 1. The molecule has 0 aliphatic heterocycles. The molecule has 7 nitrogen and oxygen atoms in total. The van der Waals surface area contributed by atoms with Crippen LogP contribution in [0.3, 0.4) is 0 Å². The van der Waals surface area contributed by atoms with Crippen molar-refractivity contribution in [3.8, 4) is 0 Å². The lowest BCUT2D eigenvalue weighted by Crippen LogP contribution is -2.19. The van der Waals surface area contributed by atoms with Crippen LogP contribution in [0.4, 0.5) is 16.3 Å². The van der Waals surface area contributed by atoms with Crippen LogP contribution in [-0.2, 0) is 13.5 Å². The van der Waals surface area contributed by atoms with Gasteiger partial charge < -0.3 is 5.32 Å². The maximum atomic E-state index is 11.8. The zero-order valence-electron chi connectivity index (χ0n) is 12.1. The minimum Gasteiger partial charge on any atom is -0.308 e. The van der Waals surface area contributed by atoms with E-state index >= 15 is 0 Å². The number of H-pyrrole nitrogens is 1. The fourth-order valence-corrected chi connectivity index (χ4v) is 2.10. The van der Waals surface area contributed by atoms with Gasteiger partial charge in [0.2, 0.25) is 0 Å². The van der Waals surface area contributed by atoms with Crippen molar-refractivity contribution in [2.45, 2.75) is 6.42 Å². The Labute approximate surface area is 127 Å². The molecule has 3 N–H and O–H groups in total. The van der Waals surface area contributed by atoms with Gasteiger partial charge in [-0.2, -0.15) is 10.2 Å². The standard InChI is InChI=1S/C15H16N6O/c1-21-13(6-9-17-21)10-11-2-4-12(5-3-11)18-15(22)19-14-7-8-16-20-14/h2-9H,10H2,1H3,(H3,16,18,19,20,22). The lowest BCUT2D eigenvalue weighted by Gasteiger charge is -2.07. The quantitative estimate of drug-likeness (QED) is 0.690. The van der Waals surface area contributed by atoms with E-state index in [1.807, 2.05) is 42.1 Å². The summed E-state index contributed by atoms with van der Waals surface area (Å²) in [5, 5.41) is 16.0. The van der Waals surface area contributed by atoms with Gasteiger partial charge in [0.25, 0.3) is 0 Å². The molecular formula is C15H16N6O. The fraction of sp³-hybridized carbons (Fsp3) is 0.133. The van der Waals surface area contributed by atoms with E-state index in [0.29, 0.717) is 5.82 Å². The molecule has 7 heteroatoms. The van der Waals surface area contributed by atoms with Crippen molar-refractivity contribution in [1.29, 1.82) is 0 Å². The summed E-state index contributed by atoms with van der Waals surface area (Å²) in [4.78, 5) is 11.8. The Morgan fingerprint density at radius 3 is 2.59 bits per heavy atom. The summed E-state index contributed by atoms with van der Waals surface area (Å²) in [5.74, 6) is 0.547. The molecule has 22 heavy (non-hydrogen) atoms. The average molecular weight is 296 g/mol. The SMILES string of the molecule is Cn1nccc1Cc1ccc(NC(=O)Nc2ccn[nH]2)cc1. The Morgan fingerprint density at radius 2 is 1.95 bits per heavy atom. The summed E-state index contributed by atoms with van der Waals surface area (Å²) in [7, 11) is 1.92. The minimum atomic E-state index is -0.316. The third kappa shape index (κ3) is 3.32. The van der Waals surface area contributed by atoms with Crippen LogP contribution in [-0.4, -0.2) is 26.0 Å². The number of carbonyl (C=O) groups excluding carboxylic acids is 1. The second kappa shape index (κ2) is 6.13. The largest absolute Gasteiger partial charge is 0.324 e. The van der Waals surface area contributed by atoms with Gasteiger partial charge in [-0.25, -0.2) is 4.79 Å². The molecule has 3 aromatic rings. The summed E-state index contributed by atoms with van der Waals surface area (Å²) in [6.45, 7) is 0. The van der Waals surface area contributed by atoms with E-state index in [1.54, 1.807) is 18.5 Å². The smallest absolute Gasteiger partial charge is 0.308 e. The number of hydrogen-bond acceptors (Lipinski definition) is 3. The van der Waals surface area contributed by atoms with Gasteiger partial charge in [0.15, 0.2) is 0 Å². The molecule has 1 aromatic carbocycles. The first-order valence-electron chi connectivity index (χ1n) is 6.84. The number of amides is 2. The number of urea groups is 1. The molecule has 3 rings (SSSR count). The van der Waals surface area contributed by atoms with Crippen LogP contribution in [0.5, 0.6) is 0 Å². The number of aryl methyl sites for hydroxylation is 1. The Balaban J connectivity index is 1.59. The second-order valence-electron chi connectivity index (χ2n) is 4.87. The third-order valence-corrected chi connectivity index (χ3v) is 3.27. The van der Waals surface area contributed by atoms with Crippen LogP contribution in [0, 0.1) is 0 Å². The lowest BCUT2D eigenvalue weighted by atomic mass is 10.1. The van der Waals surface area contributed by atoms with Crippen LogP contribution >= 0.6 is 0 Å². The molecule has 0 saturated heterocycles. The molecule has 0 saturated carbocycles. The zero-order chi connectivity index (χ0) is 15.4. The molecule has 0 unspecified atom stereocenters. The lowest BCUT2D eigenvalue weighted by molar-refractivity contribution is 0.262. The highest BCUT2D eigenvalue weighted by Crippen LogP contribution is 2.13. The Morgan fingerprint density at radius 1 is 1.14 bits per heavy atom. The van der Waals surface area contributed by atoms with Crippen molar-refractivity contribution in [3.63, 3.8) is 0 Å². The Kier molecular flexibility index (Phi) is 3.86. The van der Waals surface area contributed by atoms with E-state index in [-0.39, 0.29) is 6.03 Å². The molecule has 0 fully saturated rings. The number of aromatic nitrogens is 4. The highest BCUT2D eigenvalue weighted by atomic mass is 16.2. The molecule has 0 atom stereocenters. The summed E-state index contributed by atoms with van der Waals surface area (Å²) < 4.78 is 1.85. The first-order chi connectivity index (χ1) is 10.7. The average Bonchev–Trinajstić information content (AvgIpc) is 3.14. The van der Waals surface area contributed by atoms with E-state index in [1.165, 1.54) is 0 Å². The molecule has 0 radical (unpaired) electrons. The number of anilines is 2. The number of carbonyl (C=O) groups is 1. The van der Waals surface area contributed by atoms with E-state index in [9.17, 15) is 4.79 Å².